The van der Waals surface area contributed by atoms with Crippen molar-refractivity contribution in [3.63, 3.8) is 0 Å². The summed E-state index contributed by atoms with van der Waals surface area (Å²) < 4.78 is 33.6. The molecule has 1 aliphatic carbocycles. The number of likely N-dealkylation sites (tertiary alicyclic amines) is 1. The molecule has 1 aliphatic heterocycles. The zero-order chi connectivity index (χ0) is 19.6. The highest BCUT2D eigenvalue weighted by Crippen LogP contribution is 2.49. The SMILES string of the molecule is COc1ccc(CN2CCC3(CCC3NS(=O)(=O)c3ccccc3)CC2)cc1. The van der Waals surface area contributed by atoms with Gasteiger partial charge in [0.2, 0.25) is 10.0 Å². The van der Waals surface area contributed by atoms with Crippen molar-refractivity contribution in [1.29, 1.82) is 0 Å². The van der Waals surface area contributed by atoms with Crippen molar-refractivity contribution in [2.75, 3.05) is 20.2 Å². The van der Waals surface area contributed by atoms with E-state index in [2.05, 4.69) is 21.8 Å². The van der Waals surface area contributed by atoms with E-state index in [0.717, 1.165) is 51.1 Å². The lowest BCUT2D eigenvalue weighted by Gasteiger charge is -2.54. The van der Waals surface area contributed by atoms with Crippen molar-refractivity contribution in [3.8, 4) is 5.75 Å². The van der Waals surface area contributed by atoms with Crippen molar-refractivity contribution in [2.24, 2.45) is 5.41 Å². The highest BCUT2D eigenvalue weighted by Gasteiger charge is 2.49. The number of nitrogens with zero attached hydrogens (tertiary/aromatic N) is 1. The molecular formula is C22H28N2O3S. The summed E-state index contributed by atoms with van der Waals surface area (Å²) in [5.41, 5.74) is 1.41. The Kier molecular flexibility index (Phi) is 5.45. The first-order valence-electron chi connectivity index (χ1n) is 9.93. The van der Waals surface area contributed by atoms with Crippen LogP contribution in [0.4, 0.5) is 0 Å². The summed E-state index contributed by atoms with van der Waals surface area (Å²) in [6, 6.07) is 17.0. The summed E-state index contributed by atoms with van der Waals surface area (Å²) in [5.74, 6) is 0.879. The largest absolute Gasteiger partial charge is 0.497 e. The molecule has 1 atom stereocenters. The van der Waals surface area contributed by atoms with Crippen LogP contribution in [-0.4, -0.2) is 39.6 Å². The van der Waals surface area contributed by atoms with Crippen LogP contribution in [-0.2, 0) is 16.6 Å². The van der Waals surface area contributed by atoms with Crippen LogP contribution in [0.25, 0.3) is 0 Å². The first-order chi connectivity index (χ1) is 13.5. The number of piperidine rings is 1. The first-order valence-corrected chi connectivity index (χ1v) is 11.4. The summed E-state index contributed by atoms with van der Waals surface area (Å²) >= 11 is 0. The van der Waals surface area contributed by atoms with E-state index in [-0.39, 0.29) is 11.5 Å². The summed E-state index contributed by atoms with van der Waals surface area (Å²) in [6.07, 6.45) is 4.14. The third-order valence-corrected chi connectivity index (χ3v) is 7.93. The maximum absolute atomic E-state index is 12.7. The van der Waals surface area contributed by atoms with Crippen LogP contribution in [0.2, 0.25) is 0 Å². The quantitative estimate of drug-likeness (QED) is 0.807. The number of hydrogen-bond donors (Lipinski definition) is 1. The second-order valence-corrected chi connectivity index (χ2v) is 9.73. The highest BCUT2D eigenvalue weighted by atomic mass is 32.2. The van der Waals surface area contributed by atoms with Gasteiger partial charge in [0.25, 0.3) is 0 Å². The Hall–Kier alpha value is -1.89. The number of rotatable bonds is 6. The smallest absolute Gasteiger partial charge is 0.240 e. The topological polar surface area (TPSA) is 58.6 Å². The third kappa shape index (κ3) is 3.95. The fraction of sp³-hybridized carbons (Fsp3) is 0.455. The molecule has 28 heavy (non-hydrogen) atoms. The number of methoxy groups -OCH3 is 1. The minimum atomic E-state index is -3.44. The maximum atomic E-state index is 12.7. The molecule has 2 aromatic carbocycles. The van der Waals surface area contributed by atoms with Crippen molar-refractivity contribution < 1.29 is 13.2 Å². The van der Waals surface area contributed by atoms with Gasteiger partial charge < -0.3 is 4.74 Å². The number of nitrogens with one attached hydrogen (secondary N) is 1. The molecule has 6 heteroatoms. The first kappa shape index (κ1) is 19.4. The van der Waals surface area contributed by atoms with E-state index in [0.29, 0.717) is 4.90 Å². The van der Waals surface area contributed by atoms with Gasteiger partial charge in [0.05, 0.1) is 12.0 Å². The Morgan fingerprint density at radius 1 is 1.04 bits per heavy atom. The summed E-state index contributed by atoms with van der Waals surface area (Å²) in [7, 11) is -1.76. The van der Waals surface area contributed by atoms with Gasteiger partial charge in [-0.05, 0) is 74.0 Å². The van der Waals surface area contributed by atoms with E-state index in [1.807, 2.05) is 18.2 Å². The lowest BCUT2D eigenvalue weighted by Crippen LogP contribution is -2.58. The fourth-order valence-electron chi connectivity index (χ4n) is 4.48. The Labute approximate surface area is 167 Å². The van der Waals surface area contributed by atoms with E-state index in [4.69, 9.17) is 4.74 Å². The van der Waals surface area contributed by atoms with Gasteiger partial charge in [-0.3, -0.25) is 4.90 Å². The van der Waals surface area contributed by atoms with Gasteiger partial charge in [-0.25, -0.2) is 13.1 Å². The molecule has 0 bridgehead atoms. The Morgan fingerprint density at radius 2 is 1.71 bits per heavy atom. The van der Waals surface area contributed by atoms with Gasteiger partial charge in [-0.2, -0.15) is 0 Å². The van der Waals surface area contributed by atoms with Gasteiger partial charge >= 0.3 is 0 Å². The van der Waals surface area contributed by atoms with Crippen LogP contribution in [0.3, 0.4) is 0 Å². The van der Waals surface area contributed by atoms with Crippen LogP contribution in [0, 0.1) is 5.41 Å². The van der Waals surface area contributed by atoms with E-state index in [1.54, 1.807) is 31.4 Å². The summed E-state index contributed by atoms with van der Waals surface area (Å²) in [5, 5.41) is 0. The van der Waals surface area contributed by atoms with Crippen molar-refractivity contribution in [3.05, 3.63) is 60.2 Å². The predicted molar refractivity (Wildman–Crippen MR) is 110 cm³/mol. The molecule has 2 aliphatic rings. The summed E-state index contributed by atoms with van der Waals surface area (Å²) in [4.78, 5) is 2.82. The van der Waals surface area contributed by atoms with E-state index < -0.39 is 10.0 Å². The molecule has 0 aromatic heterocycles. The normalized spacial score (nSPS) is 22.0. The molecule has 1 N–H and O–H groups in total. The number of sulfonamides is 1. The molecule has 4 rings (SSSR count). The monoisotopic (exact) mass is 400 g/mol. The molecule has 1 saturated heterocycles. The minimum Gasteiger partial charge on any atom is -0.497 e. The molecule has 5 nitrogen and oxygen atoms in total. The van der Waals surface area contributed by atoms with Gasteiger partial charge in [0, 0.05) is 12.6 Å². The van der Waals surface area contributed by atoms with Crippen LogP contribution in [0.15, 0.2) is 59.5 Å². The van der Waals surface area contributed by atoms with Crippen LogP contribution in [0.1, 0.15) is 31.2 Å². The van der Waals surface area contributed by atoms with Gasteiger partial charge in [-0.1, -0.05) is 30.3 Å². The number of hydrogen-bond acceptors (Lipinski definition) is 4. The average Bonchev–Trinajstić information content (AvgIpc) is 2.73. The molecule has 2 aromatic rings. The Bertz CT molecular complexity index is 889. The zero-order valence-corrected chi connectivity index (χ0v) is 17.1. The van der Waals surface area contributed by atoms with Crippen LogP contribution >= 0.6 is 0 Å². The van der Waals surface area contributed by atoms with E-state index in [1.165, 1.54) is 5.56 Å². The number of benzene rings is 2. The Balaban J connectivity index is 1.34. The van der Waals surface area contributed by atoms with E-state index in [9.17, 15) is 8.42 Å². The third-order valence-electron chi connectivity index (χ3n) is 6.44. The van der Waals surface area contributed by atoms with E-state index >= 15 is 0 Å². The molecule has 1 heterocycles. The highest BCUT2D eigenvalue weighted by molar-refractivity contribution is 7.89. The van der Waals surface area contributed by atoms with Gasteiger partial charge in [-0.15, -0.1) is 0 Å². The average molecular weight is 401 g/mol. The molecule has 1 saturated carbocycles. The summed E-state index contributed by atoms with van der Waals surface area (Å²) in [6.45, 7) is 2.95. The van der Waals surface area contributed by atoms with Gasteiger partial charge in [0.15, 0.2) is 0 Å². The second kappa shape index (κ2) is 7.85. The molecule has 150 valence electrons. The van der Waals surface area contributed by atoms with Crippen molar-refractivity contribution >= 4 is 10.0 Å². The molecule has 0 radical (unpaired) electrons. The van der Waals surface area contributed by atoms with Crippen molar-refractivity contribution in [1.82, 2.24) is 9.62 Å². The number of ether oxygens (including phenoxy) is 1. The lowest BCUT2D eigenvalue weighted by atomic mass is 9.59. The zero-order valence-electron chi connectivity index (χ0n) is 16.3. The molecule has 2 fully saturated rings. The van der Waals surface area contributed by atoms with Crippen LogP contribution in [0.5, 0.6) is 5.75 Å². The lowest BCUT2D eigenvalue weighted by molar-refractivity contribution is 0.000701. The molecule has 1 spiro atoms. The molecule has 0 amide bonds. The van der Waals surface area contributed by atoms with Crippen LogP contribution < -0.4 is 9.46 Å². The fourth-order valence-corrected chi connectivity index (χ4v) is 5.87. The maximum Gasteiger partial charge on any atom is 0.240 e. The minimum absolute atomic E-state index is 0.0563. The standard InChI is InChI=1S/C22H28N2O3S/c1-27-19-9-7-18(8-10-19)17-24-15-13-22(14-16-24)12-11-21(22)23-28(25,26)20-5-3-2-4-6-20/h2-10,21,23H,11-17H2,1H3. The predicted octanol–water partition coefficient (Wildman–Crippen LogP) is 3.42. The van der Waals surface area contributed by atoms with Crippen molar-refractivity contribution in [2.45, 2.75) is 43.2 Å². The molecule has 1 unspecified atom stereocenters. The molecular weight excluding hydrogens is 372 g/mol. The van der Waals surface area contributed by atoms with Gasteiger partial charge in [0.1, 0.15) is 5.75 Å². The second-order valence-electron chi connectivity index (χ2n) is 8.01. The Morgan fingerprint density at radius 3 is 2.29 bits per heavy atom.